The Morgan fingerprint density at radius 2 is 2.23 bits per heavy atom. The number of carboxylic acid groups (broad SMARTS) is 1. The summed E-state index contributed by atoms with van der Waals surface area (Å²) >= 11 is 0. The van der Waals surface area contributed by atoms with Crippen molar-refractivity contribution in [1.82, 2.24) is 5.32 Å². The van der Waals surface area contributed by atoms with Gasteiger partial charge in [-0.25, -0.2) is 4.79 Å². The summed E-state index contributed by atoms with van der Waals surface area (Å²) < 4.78 is 0. The van der Waals surface area contributed by atoms with Crippen LogP contribution in [0, 0.1) is 11.3 Å². The van der Waals surface area contributed by atoms with E-state index in [1.54, 1.807) is 24.3 Å². The third-order valence-electron chi connectivity index (χ3n) is 1.57. The average Bonchev–Trinajstić information content (AvgIpc) is 2.15. The molecule has 0 aliphatic heterocycles. The van der Waals surface area contributed by atoms with E-state index in [0.29, 0.717) is 11.1 Å². The topological polar surface area (TPSA) is 73.1 Å². The molecular weight excluding hydrogens is 168 g/mol. The molecule has 0 saturated heterocycles. The molecule has 1 rings (SSSR count). The first kappa shape index (κ1) is 9.07. The van der Waals surface area contributed by atoms with Gasteiger partial charge in [0.2, 0.25) is 0 Å². The number of nitrogens with one attached hydrogen (secondary N) is 1. The summed E-state index contributed by atoms with van der Waals surface area (Å²) in [7, 11) is 0. The zero-order valence-corrected chi connectivity index (χ0v) is 6.82. The Kier molecular flexibility index (Phi) is 2.87. The SMILES string of the molecule is N#Cc1ccccc1CNC(=O)O. The van der Waals surface area contributed by atoms with E-state index in [4.69, 9.17) is 10.4 Å². The van der Waals surface area contributed by atoms with E-state index >= 15 is 0 Å². The fourth-order valence-corrected chi connectivity index (χ4v) is 0.954. The molecule has 66 valence electrons. The highest BCUT2D eigenvalue weighted by atomic mass is 16.4. The monoisotopic (exact) mass is 176 g/mol. The highest BCUT2D eigenvalue weighted by Gasteiger charge is 2.01. The number of carbonyl (C=O) groups is 1. The van der Waals surface area contributed by atoms with Crippen molar-refractivity contribution in [3.05, 3.63) is 35.4 Å². The van der Waals surface area contributed by atoms with E-state index in [9.17, 15) is 4.79 Å². The highest BCUT2D eigenvalue weighted by molar-refractivity contribution is 5.64. The Hall–Kier alpha value is -2.02. The van der Waals surface area contributed by atoms with Crippen molar-refractivity contribution in [2.24, 2.45) is 0 Å². The van der Waals surface area contributed by atoms with E-state index in [1.807, 2.05) is 6.07 Å². The molecule has 4 heteroatoms. The van der Waals surface area contributed by atoms with Gasteiger partial charge >= 0.3 is 6.09 Å². The second kappa shape index (κ2) is 4.12. The Morgan fingerprint density at radius 3 is 2.85 bits per heavy atom. The van der Waals surface area contributed by atoms with Crippen molar-refractivity contribution in [2.75, 3.05) is 0 Å². The van der Waals surface area contributed by atoms with Gasteiger partial charge in [-0.15, -0.1) is 0 Å². The summed E-state index contributed by atoms with van der Waals surface area (Å²) in [6.45, 7) is 0.166. The number of rotatable bonds is 2. The molecule has 0 saturated carbocycles. The Morgan fingerprint density at radius 1 is 1.54 bits per heavy atom. The number of nitriles is 1. The number of nitrogens with zero attached hydrogens (tertiary/aromatic N) is 1. The van der Waals surface area contributed by atoms with Gasteiger partial charge in [0.1, 0.15) is 0 Å². The molecule has 0 heterocycles. The van der Waals surface area contributed by atoms with Crippen LogP contribution in [-0.4, -0.2) is 11.2 Å². The van der Waals surface area contributed by atoms with Crippen LogP contribution in [0.3, 0.4) is 0 Å². The number of hydrogen-bond acceptors (Lipinski definition) is 2. The van der Waals surface area contributed by atoms with E-state index in [-0.39, 0.29) is 6.54 Å². The summed E-state index contributed by atoms with van der Waals surface area (Å²) in [5.74, 6) is 0. The van der Waals surface area contributed by atoms with Gasteiger partial charge in [-0.1, -0.05) is 18.2 Å². The van der Waals surface area contributed by atoms with E-state index in [2.05, 4.69) is 5.32 Å². The Labute approximate surface area is 75.4 Å². The smallest absolute Gasteiger partial charge is 0.404 e. The largest absolute Gasteiger partial charge is 0.465 e. The van der Waals surface area contributed by atoms with E-state index < -0.39 is 6.09 Å². The zero-order chi connectivity index (χ0) is 9.68. The summed E-state index contributed by atoms with van der Waals surface area (Å²) in [4.78, 5) is 10.2. The second-order valence-corrected chi connectivity index (χ2v) is 2.43. The highest BCUT2D eigenvalue weighted by Crippen LogP contribution is 2.06. The van der Waals surface area contributed by atoms with Crippen molar-refractivity contribution in [3.8, 4) is 6.07 Å². The molecule has 1 aromatic carbocycles. The molecule has 13 heavy (non-hydrogen) atoms. The summed E-state index contributed by atoms with van der Waals surface area (Å²) in [6.07, 6.45) is -1.09. The molecule has 0 radical (unpaired) electrons. The molecule has 0 bridgehead atoms. The molecule has 1 amide bonds. The van der Waals surface area contributed by atoms with E-state index in [1.165, 1.54) is 0 Å². The molecule has 0 aliphatic rings. The standard InChI is InChI=1S/C9H8N2O2/c10-5-7-3-1-2-4-8(7)6-11-9(12)13/h1-4,11H,6H2,(H,12,13). The maximum atomic E-state index is 10.2. The average molecular weight is 176 g/mol. The maximum Gasteiger partial charge on any atom is 0.404 e. The summed E-state index contributed by atoms with van der Waals surface area (Å²) in [5.41, 5.74) is 1.18. The Balaban J connectivity index is 2.77. The summed E-state index contributed by atoms with van der Waals surface area (Å²) in [6, 6.07) is 8.86. The van der Waals surface area contributed by atoms with Crippen LogP contribution in [0.25, 0.3) is 0 Å². The van der Waals surface area contributed by atoms with Crippen molar-refractivity contribution in [3.63, 3.8) is 0 Å². The maximum absolute atomic E-state index is 10.2. The quantitative estimate of drug-likeness (QED) is 0.713. The predicted octanol–water partition coefficient (Wildman–Crippen LogP) is 1.33. The lowest BCUT2D eigenvalue weighted by molar-refractivity contribution is 0.194. The third kappa shape index (κ3) is 2.49. The van der Waals surface area contributed by atoms with Crippen LogP contribution in [0.1, 0.15) is 11.1 Å². The minimum Gasteiger partial charge on any atom is -0.465 e. The molecule has 0 aromatic heterocycles. The van der Waals surface area contributed by atoms with Crippen LogP contribution in [0.15, 0.2) is 24.3 Å². The van der Waals surface area contributed by atoms with Crippen molar-refractivity contribution in [1.29, 1.82) is 5.26 Å². The van der Waals surface area contributed by atoms with Gasteiger partial charge < -0.3 is 10.4 Å². The molecule has 1 aromatic rings. The van der Waals surface area contributed by atoms with Crippen molar-refractivity contribution >= 4 is 6.09 Å². The predicted molar refractivity (Wildman–Crippen MR) is 46.0 cm³/mol. The number of hydrogen-bond donors (Lipinski definition) is 2. The molecule has 0 aliphatic carbocycles. The fourth-order valence-electron chi connectivity index (χ4n) is 0.954. The molecule has 2 N–H and O–H groups in total. The van der Waals surface area contributed by atoms with Crippen molar-refractivity contribution in [2.45, 2.75) is 6.54 Å². The van der Waals surface area contributed by atoms with Gasteiger partial charge in [-0.05, 0) is 11.6 Å². The van der Waals surface area contributed by atoms with Gasteiger partial charge in [-0.2, -0.15) is 5.26 Å². The first-order chi connectivity index (χ1) is 6.24. The van der Waals surface area contributed by atoms with E-state index in [0.717, 1.165) is 0 Å². The normalized spacial score (nSPS) is 8.85. The lowest BCUT2D eigenvalue weighted by Crippen LogP contribution is -2.20. The minimum absolute atomic E-state index is 0.166. The molecule has 0 atom stereocenters. The molecule has 0 fully saturated rings. The zero-order valence-electron chi connectivity index (χ0n) is 6.82. The second-order valence-electron chi connectivity index (χ2n) is 2.43. The molecule has 0 unspecified atom stereocenters. The van der Waals surface area contributed by atoms with Crippen molar-refractivity contribution < 1.29 is 9.90 Å². The Bertz CT molecular complexity index is 355. The van der Waals surface area contributed by atoms with Crippen LogP contribution >= 0.6 is 0 Å². The van der Waals surface area contributed by atoms with Gasteiger partial charge in [-0.3, -0.25) is 0 Å². The lowest BCUT2D eigenvalue weighted by Gasteiger charge is -2.02. The van der Waals surface area contributed by atoms with Gasteiger partial charge in [0.25, 0.3) is 0 Å². The molecular formula is C9H8N2O2. The van der Waals surface area contributed by atoms with Gasteiger partial charge in [0.05, 0.1) is 11.6 Å². The fraction of sp³-hybridized carbons (Fsp3) is 0.111. The van der Waals surface area contributed by atoms with Crippen LogP contribution < -0.4 is 5.32 Å². The van der Waals surface area contributed by atoms with Gasteiger partial charge in [0, 0.05) is 6.54 Å². The van der Waals surface area contributed by atoms with Crippen LogP contribution in [0.5, 0.6) is 0 Å². The number of amides is 1. The van der Waals surface area contributed by atoms with Gasteiger partial charge in [0.15, 0.2) is 0 Å². The third-order valence-corrected chi connectivity index (χ3v) is 1.57. The minimum atomic E-state index is -1.09. The lowest BCUT2D eigenvalue weighted by atomic mass is 10.1. The van der Waals surface area contributed by atoms with Crippen LogP contribution in [0.4, 0.5) is 4.79 Å². The first-order valence-corrected chi connectivity index (χ1v) is 3.69. The van der Waals surface area contributed by atoms with Crippen LogP contribution in [0.2, 0.25) is 0 Å². The number of benzene rings is 1. The molecule has 0 spiro atoms. The van der Waals surface area contributed by atoms with Crippen LogP contribution in [-0.2, 0) is 6.54 Å². The summed E-state index contributed by atoms with van der Waals surface area (Å²) in [5, 5.41) is 19.2. The first-order valence-electron chi connectivity index (χ1n) is 3.69. The molecule has 4 nitrogen and oxygen atoms in total.